The van der Waals surface area contributed by atoms with Gasteiger partial charge in [-0.1, -0.05) is 19.8 Å². The highest BCUT2D eigenvalue weighted by Gasteiger charge is 2.39. The Bertz CT molecular complexity index is 681. The topological polar surface area (TPSA) is 118 Å². The lowest BCUT2D eigenvalue weighted by Crippen LogP contribution is -2.51. The number of carbonyl (C=O) groups excluding carboxylic acids is 2. The zero-order chi connectivity index (χ0) is 27.9. The summed E-state index contributed by atoms with van der Waals surface area (Å²) < 4.78 is 17.0. The van der Waals surface area contributed by atoms with E-state index in [-0.39, 0.29) is 36.2 Å². The predicted molar refractivity (Wildman–Crippen MR) is 148 cm³/mol. The van der Waals surface area contributed by atoms with E-state index in [0.29, 0.717) is 24.4 Å². The van der Waals surface area contributed by atoms with Gasteiger partial charge in [0, 0.05) is 34.0 Å². The summed E-state index contributed by atoms with van der Waals surface area (Å²) in [5.74, 6) is 0.550. The van der Waals surface area contributed by atoms with Crippen molar-refractivity contribution in [3.8, 4) is 0 Å². The number of unbranched alkanes of at least 4 members (excludes halogenated alkanes) is 2. The molecule has 0 spiro atoms. The molecule has 0 aromatic carbocycles. The molecule has 9 heteroatoms. The molecule has 1 saturated carbocycles. The quantitative estimate of drug-likeness (QED) is 0.125. The van der Waals surface area contributed by atoms with Gasteiger partial charge in [-0.15, -0.1) is 0 Å². The van der Waals surface area contributed by atoms with E-state index < -0.39 is 6.10 Å². The molecule has 1 heterocycles. The molecule has 0 aromatic rings. The maximum Gasteiger partial charge on any atom is 0.302 e. The molecule has 0 amide bonds. The van der Waals surface area contributed by atoms with Gasteiger partial charge < -0.3 is 30.0 Å². The first kappa shape index (κ1) is 32.9. The zero-order valence-electron chi connectivity index (χ0n) is 24.5. The maximum absolute atomic E-state index is 11.9. The molecule has 1 aliphatic carbocycles. The molecule has 4 N–H and O–H groups in total. The SMILES string of the molecule is CCCCCC(CC(CCC1CC(CC2CCNC(NCNC)C2)C(O)C(OC)C1)OC(C)=O)OC(C)=O. The third-order valence-corrected chi connectivity index (χ3v) is 8.26. The Labute approximate surface area is 230 Å². The Balaban J connectivity index is 1.97. The average molecular weight is 542 g/mol. The average Bonchev–Trinajstić information content (AvgIpc) is 2.87. The molecule has 8 atom stereocenters. The third kappa shape index (κ3) is 12.3. The van der Waals surface area contributed by atoms with Crippen LogP contribution < -0.4 is 16.0 Å². The number of hydrogen-bond acceptors (Lipinski definition) is 9. The van der Waals surface area contributed by atoms with Crippen LogP contribution in [0.1, 0.15) is 97.8 Å². The molecule has 8 unspecified atom stereocenters. The van der Waals surface area contributed by atoms with Gasteiger partial charge in [-0.25, -0.2) is 0 Å². The van der Waals surface area contributed by atoms with Crippen molar-refractivity contribution in [3.05, 3.63) is 0 Å². The number of aliphatic hydroxyl groups excluding tert-OH is 1. The molecule has 0 aromatic heterocycles. The van der Waals surface area contributed by atoms with Gasteiger partial charge in [0.05, 0.1) is 18.4 Å². The number of methoxy groups -OCH3 is 1. The molecule has 2 fully saturated rings. The highest BCUT2D eigenvalue weighted by molar-refractivity contribution is 5.66. The second kappa shape index (κ2) is 18.2. The minimum atomic E-state index is -0.453. The summed E-state index contributed by atoms with van der Waals surface area (Å²) >= 11 is 0. The van der Waals surface area contributed by atoms with Crippen LogP contribution in [0, 0.1) is 17.8 Å². The molecule has 0 bridgehead atoms. The zero-order valence-corrected chi connectivity index (χ0v) is 24.5. The molecular weight excluding hydrogens is 486 g/mol. The fraction of sp³-hybridized carbons (Fsp3) is 0.931. The third-order valence-electron chi connectivity index (χ3n) is 8.26. The summed E-state index contributed by atoms with van der Waals surface area (Å²) in [4.78, 5) is 23.6. The van der Waals surface area contributed by atoms with Gasteiger partial charge in [-0.2, -0.15) is 0 Å². The number of rotatable bonds is 17. The predicted octanol–water partition coefficient (Wildman–Crippen LogP) is 3.48. The lowest BCUT2D eigenvalue weighted by atomic mass is 9.71. The second-order valence-corrected chi connectivity index (χ2v) is 11.5. The number of piperidine rings is 1. The van der Waals surface area contributed by atoms with Gasteiger partial charge in [0.1, 0.15) is 12.2 Å². The van der Waals surface area contributed by atoms with Crippen LogP contribution in [0.2, 0.25) is 0 Å². The standard InChI is InChI=1S/C29H55N3O6/c1-6-7-8-9-25(37-20(2)33)18-26(38-21(3)34)11-10-22-14-24(29(35)27(16-22)36-5)15-23-12-13-31-28(17-23)32-19-30-4/h22-32,35H,6-19H2,1-5H3. The molecule has 2 rings (SSSR count). The second-order valence-electron chi connectivity index (χ2n) is 11.5. The van der Waals surface area contributed by atoms with Crippen molar-refractivity contribution in [3.63, 3.8) is 0 Å². The Morgan fingerprint density at radius 1 is 1.03 bits per heavy atom. The summed E-state index contributed by atoms with van der Waals surface area (Å²) in [5.41, 5.74) is 0. The van der Waals surface area contributed by atoms with Crippen molar-refractivity contribution in [1.82, 2.24) is 16.0 Å². The molecule has 38 heavy (non-hydrogen) atoms. The van der Waals surface area contributed by atoms with Crippen molar-refractivity contribution in [2.24, 2.45) is 17.8 Å². The van der Waals surface area contributed by atoms with E-state index in [1.165, 1.54) is 13.8 Å². The highest BCUT2D eigenvalue weighted by atomic mass is 16.6. The fourth-order valence-electron chi connectivity index (χ4n) is 6.42. The first-order chi connectivity index (χ1) is 18.2. The number of carbonyl (C=O) groups is 2. The summed E-state index contributed by atoms with van der Waals surface area (Å²) in [5, 5.41) is 21.3. The number of esters is 2. The van der Waals surface area contributed by atoms with E-state index in [9.17, 15) is 14.7 Å². The fourth-order valence-corrected chi connectivity index (χ4v) is 6.42. The first-order valence-electron chi connectivity index (χ1n) is 14.9. The van der Waals surface area contributed by atoms with E-state index in [4.69, 9.17) is 14.2 Å². The van der Waals surface area contributed by atoms with Gasteiger partial charge in [0.2, 0.25) is 0 Å². The lowest BCUT2D eigenvalue weighted by Gasteiger charge is -2.41. The van der Waals surface area contributed by atoms with Crippen molar-refractivity contribution in [1.29, 1.82) is 0 Å². The van der Waals surface area contributed by atoms with E-state index in [1.54, 1.807) is 7.11 Å². The van der Waals surface area contributed by atoms with Crippen LogP contribution in [0.5, 0.6) is 0 Å². The molecular formula is C29H55N3O6. The number of hydrogen-bond donors (Lipinski definition) is 4. The Hall–Kier alpha value is -1.26. The molecule has 0 radical (unpaired) electrons. The van der Waals surface area contributed by atoms with E-state index in [2.05, 4.69) is 22.9 Å². The van der Waals surface area contributed by atoms with Gasteiger partial charge in [0.25, 0.3) is 0 Å². The van der Waals surface area contributed by atoms with Crippen molar-refractivity contribution >= 4 is 11.9 Å². The smallest absolute Gasteiger partial charge is 0.302 e. The largest absolute Gasteiger partial charge is 0.462 e. The Morgan fingerprint density at radius 2 is 1.74 bits per heavy atom. The Morgan fingerprint density at radius 3 is 2.37 bits per heavy atom. The van der Waals surface area contributed by atoms with E-state index in [0.717, 1.165) is 83.8 Å². The number of aliphatic hydroxyl groups is 1. The first-order valence-corrected chi connectivity index (χ1v) is 14.9. The normalized spacial score (nSPS) is 29.4. The lowest BCUT2D eigenvalue weighted by molar-refractivity contribution is -0.153. The molecule has 2 aliphatic rings. The molecule has 1 saturated heterocycles. The highest BCUT2D eigenvalue weighted by Crippen LogP contribution is 2.39. The maximum atomic E-state index is 11.9. The van der Waals surface area contributed by atoms with Gasteiger partial charge in [-0.05, 0) is 89.1 Å². The van der Waals surface area contributed by atoms with Gasteiger partial charge in [0.15, 0.2) is 0 Å². The molecule has 1 aliphatic heterocycles. The van der Waals surface area contributed by atoms with Crippen LogP contribution in [0.15, 0.2) is 0 Å². The van der Waals surface area contributed by atoms with Crippen LogP contribution in [0.25, 0.3) is 0 Å². The van der Waals surface area contributed by atoms with Crippen LogP contribution in [-0.4, -0.2) is 75.0 Å². The number of nitrogens with one attached hydrogen (secondary N) is 3. The van der Waals surface area contributed by atoms with Crippen LogP contribution in [0.3, 0.4) is 0 Å². The summed E-state index contributed by atoms with van der Waals surface area (Å²) in [6.07, 6.45) is 10.2. The molecule has 222 valence electrons. The monoisotopic (exact) mass is 541 g/mol. The van der Waals surface area contributed by atoms with Crippen LogP contribution in [-0.2, 0) is 23.8 Å². The Kier molecular flexibility index (Phi) is 15.7. The van der Waals surface area contributed by atoms with Crippen molar-refractivity contribution < 1.29 is 28.9 Å². The molecule has 9 nitrogen and oxygen atoms in total. The van der Waals surface area contributed by atoms with E-state index in [1.807, 2.05) is 7.05 Å². The van der Waals surface area contributed by atoms with Gasteiger partial charge >= 0.3 is 11.9 Å². The van der Waals surface area contributed by atoms with Gasteiger partial charge in [-0.3, -0.25) is 14.9 Å². The summed E-state index contributed by atoms with van der Waals surface area (Å²) in [6.45, 7) is 6.78. The summed E-state index contributed by atoms with van der Waals surface area (Å²) in [6, 6.07) is 0. The van der Waals surface area contributed by atoms with Crippen LogP contribution in [0.4, 0.5) is 0 Å². The van der Waals surface area contributed by atoms with Crippen LogP contribution >= 0.6 is 0 Å². The summed E-state index contributed by atoms with van der Waals surface area (Å²) in [7, 11) is 3.63. The van der Waals surface area contributed by atoms with E-state index >= 15 is 0 Å². The number of ether oxygens (including phenoxy) is 3. The van der Waals surface area contributed by atoms with Crippen molar-refractivity contribution in [2.75, 3.05) is 27.4 Å². The van der Waals surface area contributed by atoms with Crippen molar-refractivity contribution in [2.45, 2.75) is 128 Å². The minimum Gasteiger partial charge on any atom is -0.462 e. The minimum absolute atomic E-state index is 0.173.